The number of rotatable bonds is 2. The summed E-state index contributed by atoms with van der Waals surface area (Å²) in [6.07, 6.45) is 0. The normalized spacial score (nSPS) is 12.3. The molecule has 3 nitrogen and oxygen atoms in total. The molecule has 4 heterocycles. The minimum Gasteiger partial charge on any atom is -0.308 e. The van der Waals surface area contributed by atoms with E-state index in [-0.39, 0.29) is 0 Å². The first kappa shape index (κ1) is 26.7. The van der Waals surface area contributed by atoms with E-state index >= 15 is 0 Å². The van der Waals surface area contributed by atoms with Crippen molar-refractivity contribution >= 4 is 118 Å². The maximum Gasteiger partial charge on any atom is 0.156 e. The quantitative estimate of drug-likeness (QED) is 0.184. The second kappa shape index (κ2) is 9.85. The Balaban J connectivity index is 1.20. The molecule has 7 aromatic carbocycles. The Morgan fingerprint density at radius 2 is 1.21 bits per heavy atom. The summed E-state index contributed by atoms with van der Waals surface area (Å²) in [7, 11) is 0. The van der Waals surface area contributed by atoms with Crippen molar-refractivity contribution in [2.45, 2.75) is 0 Å². The number of hydrogen-bond donors (Lipinski definition) is 0. The number of nitrogens with zero attached hydrogens (tertiary/aromatic N) is 3. The third kappa shape index (κ3) is 3.64. The standard InChI is InChI=1S/C42H22ClN3S2/c43-41-37(45-42-38(44-41)30-14-6-8-16-33(30)48-42)23-17-19-26(20-18-23)46-32-15-7-5-13-29(32)35-27-11-3-4-12-28(27)36-31-21-24-9-1-2-10-25(24)22-34(31)47-40(36)39(35)46/h1-22H. The molecule has 0 radical (unpaired) electrons. The summed E-state index contributed by atoms with van der Waals surface area (Å²) in [6, 6.07) is 48.0. The second-order valence-electron chi connectivity index (χ2n) is 12.3. The zero-order valence-electron chi connectivity index (χ0n) is 25.2. The van der Waals surface area contributed by atoms with Gasteiger partial charge in [-0.15, -0.1) is 22.7 Å². The summed E-state index contributed by atoms with van der Waals surface area (Å²) in [5.74, 6) is 0. The molecule has 0 bridgehead atoms. The van der Waals surface area contributed by atoms with Crippen LogP contribution in [0.4, 0.5) is 0 Å². The van der Waals surface area contributed by atoms with E-state index in [1.807, 2.05) is 23.5 Å². The van der Waals surface area contributed by atoms with Gasteiger partial charge < -0.3 is 4.57 Å². The molecule has 0 N–H and O–H groups in total. The number of thiophene rings is 2. The van der Waals surface area contributed by atoms with Crippen LogP contribution in [0.1, 0.15) is 0 Å². The van der Waals surface area contributed by atoms with Gasteiger partial charge in [0.05, 0.1) is 15.7 Å². The van der Waals surface area contributed by atoms with Gasteiger partial charge in [0, 0.05) is 47.6 Å². The lowest BCUT2D eigenvalue weighted by atomic mass is 9.98. The highest BCUT2D eigenvalue weighted by Gasteiger charge is 2.22. The van der Waals surface area contributed by atoms with Gasteiger partial charge in [-0.2, -0.15) is 0 Å². The first-order valence-electron chi connectivity index (χ1n) is 15.9. The minimum absolute atomic E-state index is 0.418. The molecule has 48 heavy (non-hydrogen) atoms. The zero-order chi connectivity index (χ0) is 31.5. The molecule has 0 fully saturated rings. The van der Waals surface area contributed by atoms with Crippen molar-refractivity contribution in [1.82, 2.24) is 14.5 Å². The summed E-state index contributed by atoms with van der Waals surface area (Å²) >= 11 is 10.4. The van der Waals surface area contributed by atoms with Crippen molar-refractivity contribution in [3.05, 3.63) is 139 Å². The number of fused-ring (bicyclic) bond motifs is 14. The smallest absolute Gasteiger partial charge is 0.156 e. The summed E-state index contributed by atoms with van der Waals surface area (Å²) in [5.41, 5.74) is 6.03. The number of para-hydroxylation sites is 1. The van der Waals surface area contributed by atoms with Crippen LogP contribution < -0.4 is 0 Å². The highest BCUT2D eigenvalue weighted by molar-refractivity contribution is 7.27. The van der Waals surface area contributed by atoms with Crippen LogP contribution >= 0.6 is 34.3 Å². The third-order valence-electron chi connectivity index (χ3n) is 9.68. The number of halogens is 1. The second-order valence-corrected chi connectivity index (χ2v) is 14.7. The van der Waals surface area contributed by atoms with Crippen LogP contribution in [0.25, 0.3) is 101 Å². The van der Waals surface area contributed by atoms with Gasteiger partial charge in [-0.3, -0.25) is 0 Å². The fourth-order valence-electron chi connectivity index (χ4n) is 7.59. The Labute approximate surface area is 286 Å². The largest absolute Gasteiger partial charge is 0.308 e. The Bertz CT molecular complexity index is 3130. The van der Waals surface area contributed by atoms with Crippen LogP contribution in [0.5, 0.6) is 0 Å². The molecule has 0 aliphatic heterocycles. The Kier molecular flexibility index (Phi) is 5.48. The fraction of sp³-hybridized carbons (Fsp3) is 0. The summed E-state index contributed by atoms with van der Waals surface area (Å²) in [4.78, 5) is 10.7. The van der Waals surface area contributed by atoms with Gasteiger partial charge in [-0.1, -0.05) is 109 Å². The number of benzene rings is 7. The molecular formula is C42H22ClN3S2. The van der Waals surface area contributed by atoms with E-state index in [4.69, 9.17) is 21.6 Å². The van der Waals surface area contributed by atoms with Crippen molar-refractivity contribution in [3.8, 4) is 16.9 Å². The lowest BCUT2D eigenvalue weighted by Gasteiger charge is -2.11. The molecule has 224 valence electrons. The maximum atomic E-state index is 6.82. The molecule has 6 heteroatoms. The molecule has 0 saturated carbocycles. The van der Waals surface area contributed by atoms with Crippen molar-refractivity contribution in [3.63, 3.8) is 0 Å². The highest BCUT2D eigenvalue weighted by Crippen LogP contribution is 2.48. The monoisotopic (exact) mass is 667 g/mol. The van der Waals surface area contributed by atoms with Gasteiger partial charge in [0.1, 0.15) is 16.0 Å². The van der Waals surface area contributed by atoms with Gasteiger partial charge in [0.15, 0.2) is 5.15 Å². The van der Waals surface area contributed by atoms with Gasteiger partial charge >= 0.3 is 0 Å². The van der Waals surface area contributed by atoms with E-state index < -0.39 is 0 Å². The van der Waals surface area contributed by atoms with Crippen molar-refractivity contribution < 1.29 is 0 Å². The average Bonchev–Trinajstić information content (AvgIpc) is 3.80. The van der Waals surface area contributed by atoms with Crippen LogP contribution in [0.3, 0.4) is 0 Å². The van der Waals surface area contributed by atoms with Gasteiger partial charge in [0.2, 0.25) is 0 Å². The van der Waals surface area contributed by atoms with E-state index in [1.165, 1.54) is 63.5 Å². The zero-order valence-corrected chi connectivity index (χ0v) is 27.6. The number of hydrogen-bond acceptors (Lipinski definition) is 4. The molecule has 0 aliphatic rings. The van der Waals surface area contributed by atoms with Crippen LogP contribution in [0.2, 0.25) is 5.15 Å². The van der Waals surface area contributed by atoms with E-state index in [2.05, 4.69) is 126 Å². The third-order valence-corrected chi connectivity index (χ3v) is 12.2. The van der Waals surface area contributed by atoms with E-state index in [0.717, 1.165) is 31.7 Å². The Morgan fingerprint density at radius 3 is 2.02 bits per heavy atom. The molecule has 4 aromatic heterocycles. The van der Waals surface area contributed by atoms with Crippen LogP contribution in [-0.4, -0.2) is 14.5 Å². The molecule has 0 atom stereocenters. The summed E-state index contributed by atoms with van der Waals surface area (Å²) in [6.45, 7) is 0. The van der Waals surface area contributed by atoms with Gasteiger partial charge in [-0.25, -0.2) is 9.97 Å². The molecule has 0 amide bonds. The van der Waals surface area contributed by atoms with Gasteiger partial charge in [0.25, 0.3) is 0 Å². The van der Waals surface area contributed by atoms with Crippen LogP contribution in [0, 0.1) is 0 Å². The fourth-order valence-corrected chi connectivity index (χ4v) is 10.1. The number of aromatic nitrogens is 3. The van der Waals surface area contributed by atoms with Crippen LogP contribution in [0.15, 0.2) is 133 Å². The topological polar surface area (TPSA) is 30.7 Å². The first-order valence-corrected chi connectivity index (χ1v) is 17.9. The SMILES string of the molecule is Clc1nc2c(nc1-c1ccc(-n3c4ccccc4c4c5ccccc5c5c6cc7ccccc7cc6sc5c43)cc1)sc1ccccc12. The molecular weight excluding hydrogens is 646 g/mol. The van der Waals surface area contributed by atoms with E-state index in [1.54, 1.807) is 11.3 Å². The van der Waals surface area contributed by atoms with Crippen molar-refractivity contribution in [2.75, 3.05) is 0 Å². The van der Waals surface area contributed by atoms with Crippen LogP contribution in [-0.2, 0) is 0 Å². The van der Waals surface area contributed by atoms with Crippen molar-refractivity contribution in [1.29, 1.82) is 0 Å². The predicted molar refractivity (Wildman–Crippen MR) is 208 cm³/mol. The lowest BCUT2D eigenvalue weighted by Crippen LogP contribution is -1.95. The van der Waals surface area contributed by atoms with E-state index in [0.29, 0.717) is 10.8 Å². The Morgan fingerprint density at radius 1 is 0.542 bits per heavy atom. The molecule has 0 unspecified atom stereocenters. The van der Waals surface area contributed by atoms with Gasteiger partial charge in [-0.05, 0) is 57.9 Å². The molecule has 11 rings (SSSR count). The lowest BCUT2D eigenvalue weighted by molar-refractivity contribution is 1.19. The average molecular weight is 668 g/mol. The van der Waals surface area contributed by atoms with E-state index in [9.17, 15) is 0 Å². The maximum absolute atomic E-state index is 6.82. The minimum atomic E-state index is 0.418. The summed E-state index contributed by atoms with van der Waals surface area (Å²) in [5, 5.41) is 11.8. The predicted octanol–water partition coefficient (Wildman–Crippen LogP) is 12.9. The molecule has 0 saturated heterocycles. The summed E-state index contributed by atoms with van der Waals surface area (Å²) < 4.78 is 6.22. The highest BCUT2D eigenvalue weighted by atomic mass is 35.5. The Hall–Kier alpha value is -5.33. The first-order chi connectivity index (χ1) is 23.7. The molecule has 0 aliphatic carbocycles. The molecule has 0 spiro atoms. The molecule has 11 aromatic rings. The van der Waals surface area contributed by atoms with Crippen molar-refractivity contribution in [2.24, 2.45) is 0 Å².